The van der Waals surface area contributed by atoms with Gasteiger partial charge in [-0.15, -0.1) is 0 Å². The first-order valence-electron chi connectivity index (χ1n) is 6.52. The van der Waals surface area contributed by atoms with E-state index in [1.54, 1.807) is 0 Å². The first kappa shape index (κ1) is 14.5. The van der Waals surface area contributed by atoms with Gasteiger partial charge in [0, 0.05) is 30.7 Å². The third-order valence-electron chi connectivity index (χ3n) is 3.55. The smallest absolute Gasteiger partial charge is 0.227 e. The molecule has 1 aromatic rings. The first-order chi connectivity index (χ1) is 9.10. The van der Waals surface area contributed by atoms with E-state index in [4.69, 9.17) is 5.73 Å². The van der Waals surface area contributed by atoms with Crippen molar-refractivity contribution in [3.8, 4) is 0 Å². The summed E-state index contributed by atoms with van der Waals surface area (Å²) >= 11 is 3.40. The number of amides is 1. The lowest BCUT2D eigenvalue weighted by Crippen LogP contribution is -2.57. The van der Waals surface area contributed by atoms with Crippen molar-refractivity contribution < 1.29 is 4.79 Å². The van der Waals surface area contributed by atoms with Gasteiger partial charge in [-0.3, -0.25) is 4.79 Å². The molecular weight excluding hydrogens is 306 g/mol. The van der Waals surface area contributed by atoms with Crippen LogP contribution in [-0.4, -0.2) is 55.0 Å². The van der Waals surface area contributed by atoms with E-state index >= 15 is 0 Å². The van der Waals surface area contributed by atoms with Gasteiger partial charge in [0.15, 0.2) is 0 Å². The largest absolute Gasteiger partial charge is 0.336 e. The molecule has 104 valence electrons. The molecular formula is C14H20BrN3O. The Morgan fingerprint density at radius 3 is 2.68 bits per heavy atom. The number of hydrogen-bond donors (Lipinski definition) is 1. The van der Waals surface area contributed by atoms with E-state index in [0.29, 0.717) is 13.0 Å². The van der Waals surface area contributed by atoms with Crippen LogP contribution in [0.4, 0.5) is 0 Å². The van der Waals surface area contributed by atoms with E-state index in [0.717, 1.165) is 29.7 Å². The quantitative estimate of drug-likeness (QED) is 0.905. The van der Waals surface area contributed by atoms with E-state index in [2.05, 4.69) is 27.9 Å². The number of halogens is 1. The highest BCUT2D eigenvalue weighted by Gasteiger charge is 2.27. The third kappa shape index (κ3) is 3.78. The predicted octanol–water partition coefficient (Wildman–Crippen LogP) is 1.09. The number of hydrogen-bond acceptors (Lipinski definition) is 3. The zero-order chi connectivity index (χ0) is 13.8. The van der Waals surface area contributed by atoms with Gasteiger partial charge in [-0.2, -0.15) is 0 Å². The molecule has 0 spiro atoms. The van der Waals surface area contributed by atoms with Crippen molar-refractivity contribution in [2.24, 2.45) is 5.73 Å². The van der Waals surface area contributed by atoms with E-state index in [1.807, 2.05) is 29.2 Å². The van der Waals surface area contributed by atoms with E-state index in [9.17, 15) is 4.79 Å². The zero-order valence-corrected chi connectivity index (χ0v) is 12.8. The van der Waals surface area contributed by atoms with Crippen molar-refractivity contribution in [3.05, 3.63) is 34.3 Å². The highest BCUT2D eigenvalue weighted by molar-refractivity contribution is 9.10. The normalized spacial score (nSPS) is 20.6. The van der Waals surface area contributed by atoms with Crippen molar-refractivity contribution >= 4 is 21.8 Å². The first-order valence-corrected chi connectivity index (χ1v) is 7.32. The third-order valence-corrected chi connectivity index (χ3v) is 4.08. The molecule has 2 N–H and O–H groups in total. The second-order valence-electron chi connectivity index (χ2n) is 5.04. The Kier molecular flexibility index (Phi) is 4.96. The maximum atomic E-state index is 12.4. The lowest BCUT2D eigenvalue weighted by molar-refractivity contribution is -0.134. The maximum Gasteiger partial charge on any atom is 0.227 e. The molecule has 1 heterocycles. The molecule has 1 aromatic carbocycles. The van der Waals surface area contributed by atoms with Crippen molar-refractivity contribution in [2.75, 3.05) is 33.2 Å². The second-order valence-corrected chi connectivity index (χ2v) is 5.96. The van der Waals surface area contributed by atoms with E-state index in [-0.39, 0.29) is 11.9 Å². The van der Waals surface area contributed by atoms with Crippen LogP contribution < -0.4 is 5.73 Å². The van der Waals surface area contributed by atoms with Crippen LogP contribution in [0.15, 0.2) is 28.7 Å². The molecule has 1 aliphatic rings. The number of piperazine rings is 1. The summed E-state index contributed by atoms with van der Waals surface area (Å²) in [5, 5.41) is 0. The van der Waals surface area contributed by atoms with Crippen LogP contribution >= 0.6 is 15.9 Å². The Bertz CT molecular complexity index is 435. The molecule has 0 aliphatic carbocycles. The molecule has 0 radical (unpaired) electrons. The number of rotatable bonds is 3. The Hall–Kier alpha value is -0.910. The van der Waals surface area contributed by atoms with Crippen LogP contribution in [0.3, 0.4) is 0 Å². The van der Waals surface area contributed by atoms with Gasteiger partial charge in [0.05, 0.1) is 12.5 Å². The second kappa shape index (κ2) is 6.50. The SMILES string of the molecule is CN1CCN(C(=O)Cc2ccc(Br)cc2)C(CN)C1. The molecule has 19 heavy (non-hydrogen) atoms. The predicted molar refractivity (Wildman–Crippen MR) is 79.9 cm³/mol. The number of nitrogens with zero attached hydrogens (tertiary/aromatic N) is 2. The molecule has 1 atom stereocenters. The highest BCUT2D eigenvalue weighted by atomic mass is 79.9. The average molecular weight is 326 g/mol. The summed E-state index contributed by atoms with van der Waals surface area (Å²) in [6.07, 6.45) is 0.452. The molecule has 0 aromatic heterocycles. The maximum absolute atomic E-state index is 12.4. The highest BCUT2D eigenvalue weighted by Crippen LogP contribution is 2.14. The van der Waals surface area contributed by atoms with Crippen LogP contribution in [0.1, 0.15) is 5.56 Å². The Balaban J connectivity index is 2.00. The standard InChI is InChI=1S/C14H20BrN3O/c1-17-6-7-18(13(9-16)10-17)14(19)8-11-2-4-12(15)5-3-11/h2-5,13H,6-10,16H2,1H3. The number of carbonyl (C=O) groups excluding carboxylic acids is 1. The van der Waals surface area contributed by atoms with Crippen LogP contribution in [-0.2, 0) is 11.2 Å². The summed E-state index contributed by atoms with van der Waals surface area (Å²) in [6, 6.07) is 8.03. The van der Waals surface area contributed by atoms with Crippen molar-refractivity contribution in [1.29, 1.82) is 0 Å². The Morgan fingerprint density at radius 1 is 1.37 bits per heavy atom. The van der Waals surface area contributed by atoms with Gasteiger partial charge in [0.25, 0.3) is 0 Å². The Morgan fingerprint density at radius 2 is 2.05 bits per heavy atom. The van der Waals surface area contributed by atoms with Crippen molar-refractivity contribution in [2.45, 2.75) is 12.5 Å². The summed E-state index contributed by atoms with van der Waals surface area (Å²) in [7, 11) is 2.07. The molecule has 0 bridgehead atoms. The van der Waals surface area contributed by atoms with Crippen LogP contribution in [0.2, 0.25) is 0 Å². The number of carbonyl (C=O) groups is 1. The number of nitrogens with two attached hydrogens (primary N) is 1. The molecule has 0 saturated carbocycles. The van der Waals surface area contributed by atoms with Gasteiger partial charge in [0.1, 0.15) is 0 Å². The van der Waals surface area contributed by atoms with Crippen molar-refractivity contribution in [3.63, 3.8) is 0 Å². The summed E-state index contributed by atoms with van der Waals surface area (Å²) < 4.78 is 1.03. The number of benzene rings is 1. The van der Waals surface area contributed by atoms with Gasteiger partial charge in [0.2, 0.25) is 5.91 Å². The van der Waals surface area contributed by atoms with Gasteiger partial charge in [-0.1, -0.05) is 28.1 Å². The molecule has 1 amide bonds. The molecule has 2 rings (SSSR count). The summed E-state index contributed by atoms with van der Waals surface area (Å²) in [4.78, 5) is 16.5. The van der Waals surface area contributed by atoms with E-state index in [1.165, 1.54) is 0 Å². The monoisotopic (exact) mass is 325 g/mol. The summed E-state index contributed by atoms with van der Waals surface area (Å²) in [5.74, 6) is 0.172. The van der Waals surface area contributed by atoms with Crippen LogP contribution in [0, 0.1) is 0 Å². The molecule has 5 heteroatoms. The minimum Gasteiger partial charge on any atom is -0.336 e. The zero-order valence-electron chi connectivity index (χ0n) is 11.2. The lowest BCUT2D eigenvalue weighted by Gasteiger charge is -2.39. The fourth-order valence-corrected chi connectivity index (χ4v) is 2.68. The van der Waals surface area contributed by atoms with Gasteiger partial charge in [-0.05, 0) is 24.7 Å². The van der Waals surface area contributed by atoms with E-state index < -0.39 is 0 Å². The van der Waals surface area contributed by atoms with Crippen LogP contribution in [0.5, 0.6) is 0 Å². The average Bonchev–Trinajstić information content (AvgIpc) is 2.41. The minimum atomic E-state index is 0.140. The van der Waals surface area contributed by atoms with Gasteiger partial charge in [-0.25, -0.2) is 0 Å². The molecule has 1 aliphatic heterocycles. The van der Waals surface area contributed by atoms with Crippen molar-refractivity contribution in [1.82, 2.24) is 9.80 Å². The molecule has 1 fully saturated rings. The summed E-state index contributed by atoms with van der Waals surface area (Å²) in [5.41, 5.74) is 6.82. The lowest BCUT2D eigenvalue weighted by atomic mass is 10.1. The topological polar surface area (TPSA) is 49.6 Å². The van der Waals surface area contributed by atoms with Gasteiger partial charge >= 0.3 is 0 Å². The Labute approximate surface area is 122 Å². The fraction of sp³-hybridized carbons (Fsp3) is 0.500. The van der Waals surface area contributed by atoms with Crippen LogP contribution in [0.25, 0.3) is 0 Å². The summed E-state index contributed by atoms with van der Waals surface area (Å²) in [6.45, 7) is 3.08. The molecule has 1 unspecified atom stereocenters. The van der Waals surface area contributed by atoms with Gasteiger partial charge < -0.3 is 15.5 Å². The fourth-order valence-electron chi connectivity index (χ4n) is 2.42. The molecule has 1 saturated heterocycles. The minimum absolute atomic E-state index is 0.140. The number of likely N-dealkylation sites (N-methyl/N-ethyl adjacent to an activating group) is 1. The molecule has 4 nitrogen and oxygen atoms in total.